The summed E-state index contributed by atoms with van der Waals surface area (Å²) in [6.07, 6.45) is 11.2. The average Bonchev–Trinajstić information content (AvgIpc) is 2.49. The molecule has 0 heterocycles. The van der Waals surface area contributed by atoms with Crippen LogP contribution in [0.4, 0.5) is 0 Å². The molecule has 0 bridgehead atoms. The van der Waals surface area contributed by atoms with Crippen LogP contribution in [0.15, 0.2) is 0 Å². The van der Waals surface area contributed by atoms with Crippen LogP contribution in [0.3, 0.4) is 0 Å². The normalized spacial score (nSPS) is 13.6. The molecule has 128 valence electrons. The van der Waals surface area contributed by atoms with Gasteiger partial charge in [0.1, 0.15) is 0 Å². The molecular formula is C18H38O3. The Balaban J connectivity index is 4.44. The van der Waals surface area contributed by atoms with E-state index in [9.17, 15) is 0 Å². The number of methoxy groups -OCH3 is 1. The van der Waals surface area contributed by atoms with Crippen molar-refractivity contribution in [2.45, 2.75) is 91.5 Å². The number of unbranched alkanes of at least 4 members (excludes halogenated alkanes) is 5. The molecule has 0 aromatic heterocycles. The van der Waals surface area contributed by atoms with Gasteiger partial charge in [0.15, 0.2) is 0 Å². The van der Waals surface area contributed by atoms with Gasteiger partial charge in [-0.2, -0.15) is 0 Å². The zero-order valence-electron chi connectivity index (χ0n) is 15.1. The monoisotopic (exact) mass is 302 g/mol. The molecule has 0 saturated carbocycles. The van der Waals surface area contributed by atoms with E-state index in [-0.39, 0.29) is 0 Å². The highest BCUT2D eigenvalue weighted by molar-refractivity contribution is 4.72. The van der Waals surface area contributed by atoms with Gasteiger partial charge in [-0.3, -0.25) is 0 Å². The first-order valence-corrected chi connectivity index (χ1v) is 9.03. The topological polar surface area (TPSA) is 27.7 Å². The fraction of sp³-hybridized carbons (Fsp3) is 1.00. The molecule has 0 aliphatic heterocycles. The second kappa shape index (κ2) is 13.5. The minimum Gasteiger partial charge on any atom is -0.331 e. The van der Waals surface area contributed by atoms with Crippen LogP contribution in [0, 0.1) is 5.92 Å². The molecule has 0 fully saturated rings. The minimum absolute atomic E-state index is 0.318. The summed E-state index contributed by atoms with van der Waals surface area (Å²) in [5.74, 6) is -0.526. The highest BCUT2D eigenvalue weighted by atomic mass is 16.9. The molecule has 0 aromatic carbocycles. The third-order valence-corrected chi connectivity index (χ3v) is 4.02. The predicted molar refractivity (Wildman–Crippen MR) is 89.4 cm³/mol. The average molecular weight is 302 g/mol. The molecule has 21 heavy (non-hydrogen) atoms. The van der Waals surface area contributed by atoms with Gasteiger partial charge in [-0.1, -0.05) is 58.8 Å². The first kappa shape index (κ1) is 20.9. The Kier molecular flexibility index (Phi) is 13.5. The summed E-state index contributed by atoms with van der Waals surface area (Å²) in [5, 5.41) is 0. The number of ether oxygens (including phenoxy) is 3. The van der Waals surface area contributed by atoms with E-state index in [0.29, 0.717) is 19.1 Å². The lowest BCUT2D eigenvalue weighted by Crippen LogP contribution is -2.45. The van der Waals surface area contributed by atoms with Crippen molar-refractivity contribution in [3.8, 4) is 0 Å². The molecule has 1 atom stereocenters. The van der Waals surface area contributed by atoms with Crippen LogP contribution in [0.25, 0.3) is 0 Å². The number of hydrogen-bond donors (Lipinski definition) is 0. The minimum atomic E-state index is -0.844. The summed E-state index contributed by atoms with van der Waals surface area (Å²) in [6.45, 7) is 9.71. The lowest BCUT2D eigenvalue weighted by Gasteiger charge is -2.38. The summed E-state index contributed by atoms with van der Waals surface area (Å²) < 4.78 is 17.5. The van der Waals surface area contributed by atoms with Gasteiger partial charge in [-0.25, -0.2) is 0 Å². The molecule has 1 unspecified atom stereocenters. The van der Waals surface area contributed by atoms with E-state index < -0.39 is 5.97 Å². The molecular weight excluding hydrogens is 264 g/mol. The van der Waals surface area contributed by atoms with Crippen LogP contribution in [-0.2, 0) is 14.2 Å². The van der Waals surface area contributed by atoms with Gasteiger partial charge >= 0.3 is 0 Å². The predicted octanol–water partition coefficient (Wildman–Crippen LogP) is 5.53. The number of hydrogen-bond acceptors (Lipinski definition) is 3. The van der Waals surface area contributed by atoms with Gasteiger partial charge in [0, 0.05) is 26.2 Å². The van der Waals surface area contributed by atoms with Crippen LogP contribution in [0.2, 0.25) is 0 Å². The molecule has 0 aliphatic carbocycles. The quantitative estimate of drug-likeness (QED) is 0.294. The summed E-state index contributed by atoms with van der Waals surface area (Å²) in [5.41, 5.74) is 0. The lowest BCUT2D eigenvalue weighted by atomic mass is 9.93. The maximum absolute atomic E-state index is 5.89. The highest BCUT2D eigenvalue weighted by Crippen LogP contribution is 2.33. The Hall–Kier alpha value is -0.120. The van der Waals surface area contributed by atoms with E-state index in [1.165, 1.54) is 38.5 Å². The molecule has 0 aromatic rings. The molecule has 3 heteroatoms. The van der Waals surface area contributed by atoms with Crippen LogP contribution in [-0.4, -0.2) is 26.3 Å². The number of rotatable bonds is 15. The van der Waals surface area contributed by atoms with Gasteiger partial charge in [0.25, 0.3) is 5.97 Å². The van der Waals surface area contributed by atoms with E-state index in [2.05, 4.69) is 13.8 Å². The SMILES string of the molecule is CCCCCCCCC(CCC)C(OC)(OCC)OCC. The molecule has 0 N–H and O–H groups in total. The molecule has 3 nitrogen and oxygen atoms in total. The Morgan fingerprint density at radius 2 is 1.29 bits per heavy atom. The van der Waals surface area contributed by atoms with Crippen molar-refractivity contribution >= 4 is 0 Å². The summed E-state index contributed by atoms with van der Waals surface area (Å²) in [7, 11) is 1.70. The second-order valence-electron chi connectivity index (χ2n) is 5.72. The van der Waals surface area contributed by atoms with Crippen molar-refractivity contribution in [2.75, 3.05) is 20.3 Å². The maximum Gasteiger partial charge on any atom is 0.285 e. The zero-order valence-corrected chi connectivity index (χ0v) is 15.1. The highest BCUT2D eigenvalue weighted by Gasteiger charge is 2.40. The van der Waals surface area contributed by atoms with Crippen molar-refractivity contribution in [1.82, 2.24) is 0 Å². The summed E-state index contributed by atoms with van der Waals surface area (Å²) in [6, 6.07) is 0. The van der Waals surface area contributed by atoms with E-state index in [0.717, 1.165) is 19.3 Å². The van der Waals surface area contributed by atoms with Crippen molar-refractivity contribution in [1.29, 1.82) is 0 Å². The van der Waals surface area contributed by atoms with E-state index in [1.54, 1.807) is 7.11 Å². The standard InChI is InChI=1S/C18H38O3/c1-6-10-11-12-13-14-16-17(15-7-2)18(19-5,20-8-3)21-9-4/h17H,6-16H2,1-5H3. The van der Waals surface area contributed by atoms with Crippen LogP contribution >= 0.6 is 0 Å². The Morgan fingerprint density at radius 3 is 1.76 bits per heavy atom. The van der Waals surface area contributed by atoms with Gasteiger partial charge in [0.2, 0.25) is 0 Å². The van der Waals surface area contributed by atoms with Gasteiger partial charge in [-0.15, -0.1) is 0 Å². The zero-order chi connectivity index (χ0) is 16.0. The van der Waals surface area contributed by atoms with Crippen LogP contribution in [0.1, 0.15) is 85.5 Å². The molecule has 0 aliphatic rings. The Labute approximate surface area is 132 Å². The largest absolute Gasteiger partial charge is 0.331 e. The van der Waals surface area contributed by atoms with Crippen molar-refractivity contribution < 1.29 is 14.2 Å². The first-order valence-electron chi connectivity index (χ1n) is 9.03. The molecule has 0 saturated heterocycles. The van der Waals surface area contributed by atoms with E-state index in [1.807, 2.05) is 13.8 Å². The van der Waals surface area contributed by atoms with E-state index in [4.69, 9.17) is 14.2 Å². The summed E-state index contributed by atoms with van der Waals surface area (Å²) in [4.78, 5) is 0. The smallest absolute Gasteiger partial charge is 0.285 e. The van der Waals surface area contributed by atoms with Gasteiger partial charge in [-0.05, 0) is 26.7 Å². The van der Waals surface area contributed by atoms with Gasteiger partial charge in [0.05, 0.1) is 0 Å². The summed E-state index contributed by atoms with van der Waals surface area (Å²) >= 11 is 0. The second-order valence-corrected chi connectivity index (χ2v) is 5.72. The fourth-order valence-electron chi connectivity index (χ4n) is 2.98. The first-order chi connectivity index (χ1) is 10.2. The van der Waals surface area contributed by atoms with Crippen LogP contribution < -0.4 is 0 Å². The van der Waals surface area contributed by atoms with Crippen molar-refractivity contribution in [3.63, 3.8) is 0 Å². The third-order valence-electron chi connectivity index (χ3n) is 4.02. The van der Waals surface area contributed by atoms with E-state index >= 15 is 0 Å². The maximum atomic E-state index is 5.89. The fourth-order valence-corrected chi connectivity index (χ4v) is 2.98. The Bertz CT molecular complexity index is 213. The Morgan fingerprint density at radius 1 is 0.714 bits per heavy atom. The van der Waals surface area contributed by atoms with Crippen molar-refractivity contribution in [2.24, 2.45) is 5.92 Å². The lowest BCUT2D eigenvalue weighted by molar-refractivity contribution is -0.396. The molecule has 0 spiro atoms. The third kappa shape index (κ3) is 8.18. The molecule has 0 radical (unpaired) electrons. The van der Waals surface area contributed by atoms with Crippen molar-refractivity contribution in [3.05, 3.63) is 0 Å². The van der Waals surface area contributed by atoms with Crippen LogP contribution in [0.5, 0.6) is 0 Å². The molecule has 0 amide bonds. The molecule has 0 rings (SSSR count). The van der Waals surface area contributed by atoms with Gasteiger partial charge < -0.3 is 14.2 Å².